The summed E-state index contributed by atoms with van der Waals surface area (Å²) in [6, 6.07) is 7.88. The van der Waals surface area contributed by atoms with Crippen molar-refractivity contribution in [1.82, 2.24) is 14.7 Å². The Kier molecular flexibility index (Phi) is 6.07. The summed E-state index contributed by atoms with van der Waals surface area (Å²) < 4.78 is 0. The molecule has 0 bridgehead atoms. The lowest BCUT2D eigenvalue weighted by atomic mass is 9.94. The van der Waals surface area contributed by atoms with Crippen LogP contribution in [0.2, 0.25) is 5.02 Å². The standard InChI is InChI=1S/C21H29ClN4O2/c22-17-5-4-8-19(15-17)26-14-13-25(21(26)28)16-20(27)24-11-9-23(10-12-24)18-6-2-1-3-7-18/h4-5,8,15,18H,1-3,6-7,9-14,16H2. The number of piperazine rings is 1. The van der Waals surface area contributed by atoms with Crippen molar-refractivity contribution in [3.63, 3.8) is 0 Å². The molecular formula is C21H29ClN4O2. The van der Waals surface area contributed by atoms with Gasteiger partial charge in [-0.2, -0.15) is 0 Å². The first-order chi connectivity index (χ1) is 13.6. The summed E-state index contributed by atoms with van der Waals surface area (Å²) >= 11 is 6.04. The number of benzene rings is 1. The van der Waals surface area contributed by atoms with Gasteiger partial charge in [0.1, 0.15) is 6.54 Å². The zero-order chi connectivity index (χ0) is 19.5. The monoisotopic (exact) mass is 404 g/mol. The highest BCUT2D eigenvalue weighted by atomic mass is 35.5. The molecule has 28 heavy (non-hydrogen) atoms. The van der Waals surface area contributed by atoms with Crippen LogP contribution in [0.1, 0.15) is 32.1 Å². The normalized spacial score (nSPS) is 22.2. The first-order valence-electron chi connectivity index (χ1n) is 10.5. The van der Waals surface area contributed by atoms with Crippen LogP contribution in [0.25, 0.3) is 0 Å². The number of anilines is 1. The third kappa shape index (κ3) is 4.28. The minimum Gasteiger partial charge on any atom is -0.339 e. The number of hydrogen-bond donors (Lipinski definition) is 0. The molecule has 7 heteroatoms. The van der Waals surface area contributed by atoms with Crippen molar-refractivity contribution in [2.24, 2.45) is 0 Å². The molecule has 1 aliphatic carbocycles. The van der Waals surface area contributed by atoms with Gasteiger partial charge >= 0.3 is 6.03 Å². The number of nitrogens with zero attached hydrogens (tertiary/aromatic N) is 4. The highest BCUT2D eigenvalue weighted by molar-refractivity contribution is 6.30. The fraction of sp³-hybridized carbons (Fsp3) is 0.619. The lowest BCUT2D eigenvalue weighted by Gasteiger charge is -2.41. The topological polar surface area (TPSA) is 47.1 Å². The maximum Gasteiger partial charge on any atom is 0.325 e. The first-order valence-corrected chi connectivity index (χ1v) is 10.8. The van der Waals surface area contributed by atoms with Crippen LogP contribution >= 0.6 is 11.6 Å². The van der Waals surface area contributed by atoms with Crippen LogP contribution in [-0.2, 0) is 4.79 Å². The molecule has 4 rings (SSSR count). The molecular weight excluding hydrogens is 376 g/mol. The number of carbonyl (C=O) groups is 2. The van der Waals surface area contributed by atoms with E-state index in [2.05, 4.69) is 4.90 Å². The fourth-order valence-corrected chi connectivity index (χ4v) is 4.84. The Morgan fingerprint density at radius 2 is 1.75 bits per heavy atom. The lowest BCUT2D eigenvalue weighted by Crippen LogP contribution is -2.54. The van der Waals surface area contributed by atoms with E-state index >= 15 is 0 Å². The maximum absolute atomic E-state index is 12.8. The minimum absolute atomic E-state index is 0.0598. The van der Waals surface area contributed by atoms with Gasteiger partial charge in [-0.05, 0) is 31.0 Å². The Morgan fingerprint density at radius 3 is 2.46 bits per heavy atom. The van der Waals surface area contributed by atoms with E-state index in [1.54, 1.807) is 21.9 Å². The number of carbonyl (C=O) groups excluding carboxylic acids is 2. The van der Waals surface area contributed by atoms with Crippen molar-refractivity contribution < 1.29 is 9.59 Å². The molecule has 6 nitrogen and oxygen atoms in total. The molecule has 3 fully saturated rings. The van der Waals surface area contributed by atoms with Gasteiger partial charge in [0.2, 0.25) is 5.91 Å². The molecule has 152 valence electrons. The summed E-state index contributed by atoms with van der Waals surface area (Å²) in [7, 11) is 0. The molecule has 0 atom stereocenters. The van der Waals surface area contributed by atoms with E-state index in [4.69, 9.17) is 11.6 Å². The molecule has 1 saturated carbocycles. The SMILES string of the molecule is O=C(CN1CCN(c2cccc(Cl)c2)C1=O)N1CCN(C2CCCCC2)CC1. The molecule has 0 unspecified atom stereocenters. The molecule has 2 saturated heterocycles. The van der Waals surface area contributed by atoms with E-state index in [0.29, 0.717) is 24.2 Å². The average molecular weight is 405 g/mol. The van der Waals surface area contributed by atoms with Crippen LogP contribution in [0.3, 0.4) is 0 Å². The molecule has 1 aromatic carbocycles. The number of urea groups is 1. The lowest BCUT2D eigenvalue weighted by molar-refractivity contribution is -0.133. The van der Waals surface area contributed by atoms with Crippen LogP contribution in [0.15, 0.2) is 24.3 Å². The Morgan fingerprint density at radius 1 is 1.00 bits per heavy atom. The summed E-state index contributed by atoms with van der Waals surface area (Å²) in [5.41, 5.74) is 0.786. The van der Waals surface area contributed by atoms with Gasteiger partial charge in [-0.1, -0.05) is 36.9 Å². The van der Waals surface area contributed by atoms with Crippen molar-refractivity contribution >= 4 is 29.2 Å². The zero-order valence-corrected chi connectivity index (χ0v) is 17.1. The molecule has 0 aromatic heterocycles. The predicted octanol–water partition coefficient (Wildman–Crippen LogP) is 3.06. The van der Waals surface area contributed by atoms with Crippen LogP contribution in [-0.4, -0.2) is 78.5 Å². The van der Waals surface area contributed by atoms with E-state index in [-0.39, 0.29) is 18.5 Å². The molecule has 1 aromatic rings. The molecule has 2 aliphatic heterocycles. The van der Waals surface area contributed by atoms with Gasteiger partial charge in [-0.3, -0.25) is 14.6 Å². The Bertz CT molecular complexity index is 714. The fourth-order valence-electron chi connectivity index (χ4n) is 4.66. The van der Waals surface area contributed by atoms with E-state index < -0.39 is 0 Å². The number of hydrogen-bond acceptors (Lipinski definition) is 3. The van der Waals surface area contributed by atoms with Gasteiger partial charge in [-0.25, -0.2) is 4.79 Å². The maximum atomic E-state index is 12.8. The second-order valence-electron chi connectivity index (χ2n) is 8.04. The average Bonchev–Trinajstić information content (AvgIpc) is 3.09. The van der Waals surface area contributed by atoms with Crippen LogP contribution in [0.4, 0.5) is 10.5 Å². The molecule has 3 amide bonds. The molecule has 2 heterocycles. The first kappa shape index (κ1) is 19.5. The highest BCUT2D eigenvalue weighted by Crippen LogP contribution is 2.25. The van der Waals surface area contributed by atoms with E-state index in [9.17, 15) is 9.59 Å². The summed E-state index contributed by atoms with van der Waals surface area (Å²) in [5, 5.41) is 0.607. The van der Waals surface area contributed by atoms with Crippen LogP contribution in [0, 0.1) is 0 Å². The van der Waals surface area contributed by atoms with E-state index in [0.717, 1.165) is 31.9 Å². The van der Waals surface area contributed by atoms with Crippen molar-refractivity contribution in [2.45, 2.75) is 38.1 Å². The zero-order valence-electron chi connectivity index (χ0n) is 16.4. The van der Waals surface area contributed by atoms with Crippen molar-refractivity contribution in [2.75, 3.05) is 50.7 Å². The summed E-state index contributed by atoms with van der Waals surface area (Å²) in [4.78, 5) is 33.3. The number of rotatable bonds is 4. The minimum atomic E-state index is -0.114. The Hall–Kier alpha value is -1.79. The van der Waals surface area contributed by atoms with Crippen molar-refractivity contribution in [3.8, 4) is 0 Å². The van der Waals surface area contributed by atoms with Crippen LogP contribution < -0.4 is 4.90 Å². The number of halogens is 1. The molecule has 0 radical (unpaired) electrons. The van der Waals surface area contributed by atoms with Crippen molar-refractivity contribution in [1.29, 1.82) is 0 Å². The summed E-state index contributed by atoms with van der Waals surface area (Å²) in [5.74, 6) is 0.0598. The summed E-state index contributed by atoms with van der Waals surface area (Å²) in [6.45, 7) is 4.78. The second-order valence-corrected chi connectivity index (χ2v) is 8.48. The van der Waals surface area contributed by atoms with Gasteiger partial charge in [0.15, 0.2) is 0 Å². The second kappa shape index (κ2) is 8.70. The van der Waals surface area contributed by atoms with Crippen molar-refractivity contribution in [3.05, 3.63) is 29.3 Å². The summed E-state index contributed by atoms with van der Waals surface area (Å²) in [6.07, 6.45) is 6.64. The van der Waals surface area contributed by atoms with Gasteiger partial charge in [-0.15, -0.1) is 0 Å². The largest absolute Gasteiger partial charge is 0.339 e. The molecule has 0 spiro atoms. The Labute approximate surface area is 172 Å². The van der Waals surface area contributed by atoms with Crippen LogP contribution in [0.5, 0.6) is 0 Å². The quantitative estimate of drug-likeness (QED) is 0.774. The highest BCUT2D eigenvalue weighted by Gasteiger charge is 2.33. The number of amides is 3. The third-order valence-electron chi connectivity index (χ3n) is 6.30. The van der Waals surface area contributed by atoms with E-state index in [1.807, 2.05) is 17.0 Å². The smallest absolute Gasteiger partial charge is 0.325 e. The van der Waals surface area contributed by atoms with Gasteiger partial charge < -0.3 is 9.80 Å². The Balaban J connectivity index is 1.28. The molecule has 0 N–H and O–H groups in total. The van der Waals surface area contributed by atoms with Gasteiger partial charge in [0.25, 0.3) is 0 Å². The molecule has 3 aliphatic rings. The van der Waals surface area contributed by atoms with Gasteiger partial charge in [0.05, 0.1) is 0 Å². The van der Waals surface area contributed by atoms with Gasteiger partial charge in [0, 0.05) is 56.0 Å². The third-order valence-corrected chi connectivity index (χ3v) is 6.53. The predicted molar refractivity (Wildman–Crippen MR) is 111 cm³/mol. The van der Waals surface area contributed by atoms with E-state index in [1.165, 1.54) is 32.1 Å².